The van der Waals surface area contributed by atoms with Crippen LogP contribution in [0.3, 0.4) is 0 Å². The van der Waals surface area contributed by atoms with E-state index in [1.807, 2.05) is 39.8 Å². The summed E-state index contributed by atoms with van der Waals surface area (Å²) in [5.41, 5.74) is 9.69. The predicted molar refractivity (Wildman–Crippen MR) is 171 cm³/mol. The van der Waals surface area contributed by atoms with E-state index in [0.29, 0.717) is 5.92 Å². The lowest BCUT2D eigenvalue weighted by atomic mass is 9.83. The van der Waals surface area contributed by atoms with Crippen molar-refractivity contribution in [3.8, 4) is 33.9 Å². The van der Waals surface area contributed by atoms with E-state index in [1.165, 1.54) is 43.6 Å². The van der Waals surface area contributed by atoms with Crippen molar-refractivity contribution in [2.45, 2.75) is 47.5 Å². The zero-order chi connectivity index (χ0) is 28.4. The maximum Gasteiger partial charge on any atom is 0.160 e. The van der Waals surface area contributed by atoms with Gasteiger partial charge in [0.15, 0.2) is 11.6 Å². The van der Waals surface area contributed by atoms with Gasteiger partial charge >= 0.3 is 0 Å². The molecule has 200 valence electrons. The molecule has 0 aliphatic heterocycles. The summed E-state index contributed by atoms with van der Waals surface area (Å²) in [6.07, 6.45) is 0. The molecule has 4 heteroatoms. The second-order valence-electron chi connectivity index (χ2n) is 11.5. The van der Waals surface area contributed by atoms with E-state index in [1.54, 1.807) is 0 Å². The Kier molecular flexibility index (Phi) is 5.83. The second kappa shape index (κ2) is 9.45. The third kappa shape index (κ3) is 4.13. The van der Waals surface area contributed by atoms with Gasteiger partial charge in [0.2, 0.25) is 0 Å². The highest BCUT2D eigenvalue weighted by Crippen LogP contribution is 2.47. The normalized spacial score (nSPS) is 11.9. The molecule has 2 aromatic heterocycles. The SMILES string of the molecule is Cc1cc(C)nc(-c2cc(-c3ccccc3)c3ccc4c(-c5nc(C)cc(C)n5)cc(C(C)C)c5ccc2c3c45)n1. The number of hydrogen-bond donors (Lipinski definition) is 0. The van der Waals surface area contributed by atoms with Crippen molar-refractivity contribution in [1.82, 2.24) is 19.9 Å². The van der Waals surface area contributed by atoms with Gasteiger partial charge < -0.3 is 0 Å². The summed E-state index contributed by atoms with van der Waals surface area (Å²) in [6.45, 7) is 12.7. The van der Waals surface area contributed by atoms with Crippen molar-refractivity contribution in [3.63, 3.8) is 0 Å². The standard InChI is InChI=1S/C37H32N4/c1-20(2)30-18-32(36-38-21(3)16-22(4)39-36)28-15-13-27-31(25-10-8-7-9-11-25)19-33(37-40-23(5)17-24(6)41-37)29-14-12-26(30)34(28)35(27)29/h7-20H,1-6H3. The molecular formula is C37H32N4. The minimum atomic E-state index is 0.333. The van der Waals surface area contributed by atoms with E-state index in [0.717, 1.165) is 50.9 Å². The van der Waals surface area contributed by atoms with Crippen LogP contribution in [-0.2, 0) is 0 Å². The van der Waals surface area contributed by atoms with Crippen molar-refractivity contribution in [3.05, 3.63) is 107 Å². The Bertz CT molecular complexity index is 2070. The number of benzene rings is 5. The molecule has 41 heavy (non-hydrogen) atoms. The molecule has 0 atom stereocenters. The van der Waals surface area contributed by atoms with Gasteiger partial charge in [0.25, 0.3) is 0 Å². The molecule has 0 saturated carbocycles. The Labute approximate surface area is 240 Å². The van der Waals surface area contributed by atoms with E-state index < -0.39 is 0 Å². The zero-order valence-corrected chi connectivity index (χ0v) is 24.4. The molecule has 4 nitrogen and oxygen atoms in total. The minimum absolute atomic E-state index is 0.333. The molecule has 7 rings (SSSR count). The highest BCUT2D eigenvalue weighted by molar-refractivity contribution is 6.30. The molecule has 0 aliphatic carbocycles. The number of hydrogen-bond acceptors (Lipinski definition) is 4. The van der Waals surface area contributed by atoms with Crippen LogP contribution >= 0.6 is 0 Å². The average Bonchev–Trinajstić information content (AvgIpc) is 2.94. The molecule has 0 spiro atoms. The first-order chi connectivity index (χ1) is 19.8. The first kappa shape index (κ1) is 25.3. The third-order valence-corrected chi connectivity index (χ3v) is 8.08. The maximum atomic E-state index is 4.92. The summed E-state index contributed by atoms with van der Waals surface area (Å²) < 4.78 is 0. The summed E-state index contributed by atoms with van der Waals surface area (Å²) >= 11 is 0. The molecular weight excluding hydrogens is 500 g/mol. The first-order valence-electron chi connectivity index (χ1n) is 14.3. The van der Waals surface area contributed by atoms with E-state index in [2.05, 4.69) is 80.6 Å². The van der Waals surface area contributed by atoms with Gasteiger partial charge in [-0.3, -0.25) is 0 Å². The largest absolute Gasteiger partial charge is 0.233 e. The number of aromatic nitrogens is 4. The molecule has 0 bridgehead atoms. The predicted octanol–water partition coefficient (Wildman–Crippen LogP) is 9.52. The molecule has 5 aromatic carbocycles. The van der Waals surface area contributed by atoms with Gasteiger partial charge in [0.1, 0.15) is 0 Å². The van der Waals surface area contributed by atoms with Crippen LogP contribution in [-0.4, -0.2) is 19.9 Å². The lowest BCUT2D eigenvalue weighted by Gasteiger charge is -2.21. The van der Waals surface area contributed by atoms with Crippen molar-refractivity contribution < 1.29 is 0 Å². The van der Waals surface area contributed by atoms with Crippen molar-refractivity contribution in [1.29, 1.82) is 0 Å². The van der Waals surface area contributed by atoms with E-state index in [-0.39, 0.29) is 0 Å². The lowest BCUT2D eigenvalue weighted by molar-refractivity contribution is 0.876. The van der Waals surface area contributed by atoms with Gasteiger partial charge in [0.05, 0.1) is 0 Å². The van der Waals surface area contributed by atoms with E-state index in [4.69, 9.17) is 19.9 Å². The molecule has 0 fully saturated rings. The molecule has 0 radical (unpaired) electrons. The Hall–Kier alpha value is -4.70. The minimum Gasteiger partial charge on any atom is -0.233 e. The zero-order valence-electron chi connectivity index (χ0n) is 24.4. The van der Waals surface area contributed by atoms with Crippen LogP contribution in [0, 0.1) is 27.7 Å². The molecule has 0 amide bonds. The molecule has 0 N–H and O–H groups in total. The molecule has 0 saturated heterocycles. The Morgan fingerprint density at radius 1 is 0.463 bits per heavy atom. The number of nitrogens with zero attached hydrogens (tertiary/aromatic N) is 4. The lowest BCUT2D eigenvalue weighted by Crippen LogP contribution is -2.01. The molecule has 2 heterocycles. The van der Waals surface area contributed by atoms with Crippen molar-refractivity contribution in [2.75, 3.05) is 0 Å². The number of rotatable bonds is 4. The smallest absolute Gasteiger partial charge is 0.160 e. The van der Waals surface area contributed by atoms with Gasteiger partial charge in [-0.05, 0) is 107 Å². The summed E-state index contributed by atoms with van der Waals surface area (Å²) in [4.78, 5) is 19.7. The van der Waals surface area contributed by atoms with Crippen molar-refractivity contribution in [2.24, 2.45) is 0 Å². The number of aryl methyl sites for hydroxylation is 4. The van der Waals surface area contributed by atoms with Gasteiger partial charge in [-0.2, -0.15) is 0 Å². The highest BCUT2D eigenvalue weighted by Gasteiger charge is 2.22. The Morgan fingerprint density at radius 2 is 0.902 bits per heavy atom. The van der Waals surface area contributed by atoms with Crippen LogP contribution in [0.15, 0.2) is 78.9 Å². The van der Waals surface area contributed by atoms with Crippen LogP contribution in [0.1, 0.15) is 48.1 Å². The van der Waals surface area contributed by atoms with Gasteiger partial charge in [-0.15, -0.1) is 0 Å². The Balaban J connectivity index is 1.70. The first-order valence-corrected chi connectivity index (χ1v) is 14.3. The highest BCUT2D eigenvalue weighted by atomic mass is 14.9. The van der Waals surface area contributed by atoms with Gasteiger partial charge in [0, 0.05) is 33.9 Å². The van der Waals surface area contributed by atoms with E-state index in [9.17, 15) is 0 Å². The summed E-state index contributed by atoms with van der Waals surface area (Å²) in [5.74, 6) is 1.88. The average molecular weight is 533 g/mol. The third-order valence-electron chi connectivity index (χ3n) is 8.08. The van der Waals surface area contributed by atoms with Gasteiger partial charge in [-0.25, -0.2) is 19.9 Å². The molecule has 0 unspecified atom stereocenters. The molecule has 7 aromatic rings. The summed E-state index contributed by atoms with van der Waals surface area (Å²) in [5, 5.41) is 7.34. The monoisotopic (exact) mass is 532 g/mol. The summed E-state index contributed by atoms with van der Waals surface area (Å²) in [7, 11) is 0. The second-order valence-corrected chi connectivity index (χ2v) is 11.5. The topological polar surface area (TPSA) is 51.6 Å². The quantitative estimate of drug-likeness (QED) is 0.212. The Morgan fingerprint density at radius 3 is 1.41 bits per heavy atom. The van der Waals surface area contributed by atoms with Crippen LogP contribution in [0.25, 0.3) is 66.2 Å². The molecule has 0 aliphatic rings. The fourth-order valence-electron chi connectivity index (χ4n) is 6.42. The fourth-order valence-corrected chi connectivity index (χ4v) is 6.42. The van der Waals surface area contributed by atoms with Crippen molar-refractivity contribution >= 4 is 32.3 Å². The van der Waals surface area contributed by atoms with Gasteiger partial charge in [-0.1, -0.05) is 68.4 Å². The van der Waals surface area contributed by atoms with E-state index >= 15 is 0 Å². The van der Waals surface area contributed by atoms with Crippen LogP contribution in [0.5, 0.6) is 0 Å². The summed E-state index contributed by atoms with van der Waals surface area (Å²) in [6, 6.07) is 28.4. The van der Waals surface area contributed by atoms with Crippen LogP contribution in [0.2, 0.25) is 0 Å². The fraction of sp³-hybridized carbons (Fsp3) is 0.189. The van der Waals surface area contributed by atoms with Crippen LogP contribution in [0.4, 0.5) is 0 Å². The maximum absolute atomic E-state index is 4.92. The van der Waals surface area contributed by atoms with Crippen LogP contribution < -0.4 is 0 Å².